The SMILES string of the molecule is COCCn1nnnc1C(NCCc1c[nH]c2ccccc12)C(C)C. The maximum Gasteiger partial charge on any atom is 0.168 e. The molecule has 7 nitrogen and oxygen atoms in total. The molecule has 3 aromatic rings. The fourth-order valence-electron chi connectivity index (χ4n) is 3.10. The molecule has 0 radical (unpaired) electrons. The van der Waals surface area contributed by atoms with Gasteiger partial charge < -0.3 is 15.0 Å². The van der Waals surface area contributed by atoms with Crippen molar-refractivity contribution in [1.29, 1.82) is 0 Å². The van der Waals surface area contributed by atoms with Gasteiger partial charge in [0, 0.05) is 24.2 Å². The van der Waals surface area contributed by atoms with Crippen LogP contribution in [-0.2, 0) is 17.7 Å². The Hall–Kier alpha value is -2.25. The first-order valence-electron chi connectivity index (χ1n) is 8.74. The van der Waals surface area contributed by atoms with Crippen molar-refractivity contribution in [2.45, 2.75) is 32.9 Å². The van der Waals surface area contributed by atoms with Gasteiger partial charge in [0.05, 0.1) is 19.2 Å². The third kappa shape index (κ3) is 4.05. The number of nitrogens with one attached hydrogen (secondary N) is 2. The Bertz CT molecular complexity index is 794. The molecular weight excluding hydrogens is 316 g/mol. The van der Waals surface area contributed by atoms with Crippen molar-refractivity contribution in [3.63, 3.8) is 0 Å². The van der Waals surface area contributed by atoms with E-state index in [1.807, 2.05) is 4.68 Å². The highest BCUT2D eigenvalue weighted by molar-refractivity contribution is 5.83. The lowest BCUT2D eigenvalue weighted by atomic mass is 10.0. The molecular formula is C18H26N6O. The van der Waals surface area contributed by atoms with Crippen LogP contribution in [0.2, 0.25) is 0 Å². The van der Waals surface area contributed by atoms with Crippen molar-refractivity contribution in [3.05, 3.63) is 41.9 Å². The molecule has 1 unspecified atom stereocenters. The minimum atomic E-state index is 0.108. The summed E-state index contributed by atoms with van der Waals surface area (Å²) in [5, 5.41) is 17.1. The first kappa shape index (κ1) is 17.6. The van der Waals surface area contributed by atoms with Gasteiger partial charge in [-0.15, -0.1) is 5.10 Å². The molecule has 2 aromatic heterocycles. The number of benzene rings is 1. The van der Waals surface area contributed by atoms with Gasteiger partial charge in [-0.25, -0.2) is 4.68 Å². The maximum atomic E-state index is 5.14. The van der Waals surface area contributed by atoms with Crippen LogP contribution in [0.25, 0.3) is 10.9 Å². The first-order valence-corrected chi connectivity index (χ1v) is 8.74. The van der Waals surface area contributed by atoms with E-state index in [9.17, 15) is 0 Å². The second kappa shape index (κ2) is 8.22. The third-order valence-electron chi connectivity index (χ3n) is 4.45. The van der Waals surface area contributed by atoms with E-state index in [0.717, 1.165) is 18.8 Å². The van der Waals surface area contributed by atoms with Crippen molar-refractivity contribution in [2.24, 2.45) is 5.92 Å². The lowest BCUT2D eigenvalue weighted by Crippen LogP contribution is -2.31. The largest absolute Gasteiger partial charge is 0.383 e. The zero-order valence-corrected chi connectivity index (χ0v) is 15.1. The van der Waals surface area contributed by atoms with Crippen LogP contribution in [0.5, 0.6) is 0 Å². The third-order valence-corrected chi connectivity index (χ3v) is 4.45. The summed E-state index contributed by atoms with van der Waals surface area (Å²) in [6, 6.07) is 8.50. The van der Waals surface area contributed by atoms with Gasteiger partial charge >= 0.3 is 0 Å². The molecule has 1 atom stereocenters. The highest BCUT2D eigenvalue weighted by Gasteiger charge is 2.22. The van der Waals surface area contributed by atoms with E-state index in [4.69, 9.17) is 4.74 Å². The van der Waals surface area contributed by atoms with E-state index in [0.29, 0.717) is 19.1 Å². The number of rotatable bonds is 9. The summed E-state index contributed by atoms with van der Waals surface area (Å²) in [5.74, 6) is 1.25. The topological polar surface area (TPSA) is 80.7 Å². The average molecular weight is 342 g/mol. The Morgan fingerprint density at radius 2 is 2.12 bits per heavy atom. The predicted molar refractivity (Wildman–Crippen MR) is 97.3 cm³/mol. The Kier molecular flexibility index (Phi) is 5.78. The molecule has 134 valence electrons. The molecule has 3 rings (SSSR count). The maximum absolute atomic E-state index is 5.14. The predicted octanol–water partition coefficient (Wildman–Crippen LogP) is 2.33. The van der Waals surface area contributed by atoms with E-state index in [-0.39, 0.29) is 6.04 Å². The average Bonchev–Trinajstić information content (AvgIpc) is 3.23. The van der Waals surface area contributed by atoms with E-state index in [2.05, 4.69) is 70.1 Å². The lowest BCUT2D eigenvalue weighted by Gasteiger charge is -2.21. The fourth-order valence-corrected chi connectivity index (χ4v) is 3.10. The van der Waals surface area contributed by atoms with Gasteiger partial charge in [-0.05, 0) is 40.9 Å². The monoisotopic (exact) mass is 342 g/mol. The van der Waals surface area contributed by atoms with Crippen LogP contribution in [0.3, 0.4) is 0 Å². The molecule has 0 aliphatic rings. The van der Waals surface area contributed by atoms with Gasteiger partial charge in [0.25, 0.3) is 0 Å². The van der Waals surface area contributed by atoms with E-state index in [1.54, 1.807) is 7.11 Å². The summed E-state index contributed by atoms with van der Waals surface area (Å²) < 4.78 is 6.97. The highest BCUT2D eigenvalue weighted by Crippen LogP contribution is 2.21. The van der Waals surface area contributed by atoms with E-state index >= 15 is 0 Å². The van der Waals surface area contributed by atoms with Crippen LogP contribution in [0, 0.1) is 5.92 Å². The second-order valence-electron chi connectivity index (χ2n) is 6.54. The minimum absolute atomic E-state index is 0.108. The van der Waals surface area contributed by atoms with Gasteiger partial charge in [-0.2, -0.15) is 0 Å². The molecule has 1 aromatic carbocycles. The number of methoxy groups -OCH3 is 1. The zero-order chi connectivity index (χ0) is 17.6. The Balaban J connectivity index is 1.66. The molecule has 0 aliphatic carbocycles. The van der Waals surface area contributed by atoms with Crippen LogP contribution in [0.15, 0.2) is 30.5 Å². The number of aromatic nitrogens is 5. The van der Waals surface area contributed by atoms with Crippen molar-refractivity contribution in [1.82, 2.24) is 30.5 Å². The number of nitrogens with zero attached hydrogens (tertiary/aromatic N) is 4. The summed E-state index contributed by atoms with van der Waals surface area (Å²) in [6.07, 6.45) is 3.05. The molecule has 0 spiro atoms. The van der Waals surface area contributed by atoms with Gasteiger partial charge in [-0.1, -0.05) is 32.0 Å². The number of para-hydroxylation sites is 1. The lowest BCUT2D eigenvalue weighted by molar-refractivity contribution is 0.180. The molecule has 2 N–H and O–H groups in total. The zero-order valence-electron chi connectivity index (χ0n) is 15.1. The van der Waals surface area contributed by atoms with Crippen LogP contribution in [0.1, 0.15) is 31.3 Å². The molecule has 0 saturated heterocycles. The quantitative estimate of drug-likeness (QED) is 0.624. The van der Waals surface area contributed by atoms with E-state index < -0.39 is 0 Å². The summed E-state index contributed by atoms with van der Waals surface area (Å²) >= 11 is 0. The highest BCUT2D eigenvalue weighted by atomic mass is 16.5. The van der Waals surface area contributed by atoms with Gasteiger partial charge in [0.1, 0.15) is 0 Å². The smallest absolute Gasteiger partial charge is 0.168 e. The van der Waals surface area contributed by atoms with Crippen molar-refractivity contribution in [2.75, 3.05) is 20.3 Å². The Morgan fingerprint density at radius 1 is 1.28 bits per heavy atom. The normalized spacial score (nSPS) is 13.0. The summed E-state index contributed by atoms with van der Waals surface area (Å²) in [7, 11) is 1.68. The van der Waals surface area contributed by atoms with Crippen LogP contribution < -0.4 is 5.32 Å². The molecule has 0 amide bonds. The summed E-state index contributed by atoms with van der Waals surface area (Å²) in [4.78, 5) is 3.33. The Morgan fingerprint density at radius 3 is 2.92 bits per heavy atom. The number of hydrogen-bond acceptors (Lipinski definition) is 5. The summed E-state index contributed by atoms with van der Waals surface area (Å²) in [5.41, 5.74) is 2.51. The molecule has 0 fully saturated rings. The molecule has 25 heavy (non-hydrogen) atoms. The van der Waals surface area contributed by atoms with Gasteiger partial charge in [0.15, 0.2) is 5.82 Å². The minimum Gasteiger partial charge on any atom is -0.383 e. The van der Waals surface area contributed by atoms with Crippen molar-refractivity contribution < 1.29 is 4.74 Å². The molecule has 0 bridgehead atoms. The molecule has 7 heteroatoms. The van der Waals surface area contributed by atoms with Crippen molar-refractivity contribution >= 4 is 10.9 Å². The Labute approximate surface area is 147 Å². The number of H-pyrrole nitrogens is 1. The second-order valence-corrected chi connectivity index (χ2v) is 6.54. The standard InChI is InChI=1S/C18H26N6O/c1-13(2)17(18-21-22-23-24(18)10-11-25-3)19-9-8-14-12-20-16-7-5-4-6-15(14)16/h4-7,12-13,17,19-20H,8-11H2,1-3H3. The van der Waals surface area contributed by atoms with Gasteiger partial charge in [-0.3, -0.25) is 0 Å². The van der Waals surface area contributed by atoms with Gasteiger partial charge in [0.2, 0.25) is 0 Å². The number of hydrogen-bond donors (Lipinski definition) is 2. The van der Waals surface area contributed by atoms with Crippen molar-refractivity contribution in [3.8, 4) is 0 Å². The molecule has 0 aliphatic heterocycles. The van der Waals surface area contributed by atoms with E-state index in [1.165, 1.54) is 16.5 Å². The van der Waals surface area contributed by atoms with Crippen LogP contribution in [-0.4, -0.2) is 45.5 Å². The number of fused-ring (bicyclic) bond motifs is 1. The first-order chi connectivity index (χ1) is 12.2. The van der Waals surface area contributed by atoms with Crippen LogP contribution >= 0.6 is 0 Å². The number of ether oxygens (including phenoxy) is 1. The molecule has 0 saturated carbocycles. The van der Waals surface area contributed by atoms with Crippen LogP contribution in [0.4, 0.5) is 0 Å². The number of aromatic amines is 1. The fraction of sp³-hybridized carbons (Fsp3) is 0.500. The number of tetrazole rings is 1. The summed E-state index contributed by atoms with van der Waals surface area (Å²) in [6.45, 7) is 6.48. The molecule has 2 heterocycles.